The summed E-state index contributed by atoms with van der Waals surface area (Å²) in [6.45, 7) is 7.50. The van der Waals surface area contributed by atoms with Crippen LogP contribution in [0.25, 0.3) is 0 Å². The lowest BCUT2D eigenvalue weighted by Crippen LogP contribution is -2.24. The van der Waals surface area contributed by atoms with E-state index in [0.717, 1.165) is 17.6 Å². The first-order valence-corrected chi connectivity index (χ1v) is 7.77. The summed E-state index contributed by atoms with van der Waals surface area (Å²) in [6.07, 6.45) is 5.79. The maximum Gasteiger partial charge on any atom is 0.313 e. The van der Waals surface area contributed by atoms with Crippen molar-refractivity contribution in [2.75, 3.05) is 5.75 Å². The molecule has 5 heteroatoms. The molecule has 0 unspecified atom stereocenters. The van der Waals surface area contributed by atoms with Gasteiger partial charge in [0.05, 0.1) is 5.75 Å². The summed E-state index contributed by atoms with van der Waals surface area (Å²) in [7, 11) is 0. The van der Waals surface area contributed by atoms with Crippen LogP contribution in [0.4, 0.5) is 0 Å². The van der Waals surface area contributed by atoms with Crippen LogP contribution in [-0.2, 0) is 16.8 Å². The van der Waals surface area contributed by atoms with Gasteiger partial charge in [0.25, 0.3) is 0 Å². The second-order valence-corrected chi connectivity index (χ2v) is 7.21. The Labute approximate surface area is 118 Å². The highest BCUT2D eigenvalue weighted by Gasteiger charge is 2.26. The second kappa shape index (κ2) is 5.57. The van der Waals surface area contributed by atoms with Crippen molar-refractivity contribution in [1.29, 1.82) is 0 Å². The molecule has 0 aromatic carbocycles. The van der Waals surface area contributed by atoms with E-state index in [9.17, 15) is 4.79 Å². The van der Waals surface area contributed by atoms with Crippen LogP contribution < -0.4 is 0 Å². The molecule has 19 heavy (non-hydrogen) atoms. The zero-order valence-corrected chi connectivity index (χ0v) is 12.7. The Morgan fingerprint density at radius 2 is 2.21 bits per heavy atom. The predicted molar refractivity (Wildman–Crippen MR) is 76.6 cm³/mol. The third-order valence-corrected chi connectivity index (χ3v) is 4.55. The first-order chi connectivity index (χ1) is 8.88. The number of aliphatic carboxylic acids is 1. The zero-order chi connectivity index (χ0) is 14.0. The van der Waals surface area contributed by atoms with Gasteiger partial charge in [0.1, 0.15) is 0 Å². The maximum atomic E-state index is 10.7. The molecule has 1 heterocycles. The molecule has 0 bridgehead atoms. The normalized spacial score (nSPS) is 16.4. The van der Waals surface area contributed by atoms with Crippen molar-refractivity contribution in [2.45, 2.75) is 57.1 Å². The molecular weight excluding hydrogens is 260 g/mol. The SMILES string of the molecule is CC(C)(C)c1cnc(SCC(=O)O)n1CC1CCC1. The van der Waals surface area contributed by atoms with Crippen LogP contribution in [0.3, 0.4) is 0 Å². The van der Waals surface area contributed by atoms with Gasteiger partial charge in [-0.15, -0.1) is 0 Å². The van der Waals surface area contributed by atoms with Crippen molar-refractivity contribution >= 4 is 17.7 Å². The van der Waals surface area contributed by atoms with Crippen molar-refractivity contribution in [2.24, 2.45) is 5.92 Å². The Morgan fingerprint density at radius 3 is 2.68 bits per heavy atom. The number of rotatable bonds is 5. The summed E-state index contributed by atoms with van der Waals surface area (Å²) < 4.78 is 2.23. The van der Waals surface area contributed by atoms with E-state index in [2.05, 4.69) is 30.3 Å². The number of carboxylic acid groups (broad SMARTS) is 1. The largest absolute Gasteiger partial charge is 0.481 e. The van der Waals surface area contributed by atoms with Gasteiger partial charge in [-0.1, -0.05) is 39.0 Å². The van der Waals surface area contributed by atoms with Gasteiger partial charge in [0, 0.05) is 23.9 Å². The molecule has 0 saturated heterocycles. The summed E-state index contributed by atoms with van der Waals surface area (Å²) in [5, 5.41) is 9.66. The number of hydrogen-bond acceptors (Lipinski definition) is 3. The van der Waals surface area contributed by atoms with E-state index in [1.165, 1.54) is 36.7 Å². The quantitative estimate of drug-likeness (QED) is 0.843. The minimum Gasteiger partial charge on any atom is -0.481 e. The van der Waals surface area contributed by atoms with Crippen LogP contribution in [0.1, 0.15) is 45.7 Å². The third kappa shape index (κ3) is 3.53. The van der Waals surface area contributed by atoms with Crippen LogP contribution in [0.15, 0.2) is 11.4 Å². The van der Waals surface area contributed by atoms with E-state index >= 15 is 0 Å². The monoisotopic (exact) mass is 282 g/mol. The van der Waals surface area contributed by atoms with Crippen LogP contribution >= 0.6 is 11.8 Å². The number of hydrogen-bond donors (Lipinski definition) is 1. The lowest BCUT2D eigenvalue weighted by molar-refractivity contribution is -0.133. The smallest absolute Gasteiger partial charge is 0.313 e. The highest BCUT2D eigenvalue weighted by Crippen LogP contribution is 2.33. The molecule has 4 nitrogen and oxygen atoms in total. The summed E-state index contributed by atoms with van der Waals surface area (Å²) in [4.78, 5) is 15.1. The fourth-order valence-corrected chi connectivity index (χ4v) is 3.02. The van der Waals surface area contributed by atoms with Gasteiger partial charge in [0.2, 0.25) is 0 Å². The Balaban J connectivity index is 2.21. The molecule has 1 N–H and O–H groups in total. The fourth-order valence-electron chi connectivity index (χ4n) is 2.31. The summed E-state index contributed by atoms with van der Waals surface area (Å²) in [6, 6.07) is 0. The van der Waals surface area contributed by atoms with Gasteiger partial charge in [-0.3, -0.25) is 4.79 Å². The van der Waals surface area contributed by atoms with Gasteiger partial charge < -0.3 is 9.67 Å². The molecule has 1 aliphatic carbocycles. The Hall–Kier alpha value is -0.970. The highest BCUT2D eigenvalue weighted by atomic mass is 32.2. The molecule has 0 amide bonds. The summed E-state index contributed by atoms with van der Waals surface area (Å²) >= 11 is 1.32. The zero-order valence-electron chi connectivity index (χ0n) is 11.8. The molecule has 0 aliphatic heterocycles. The maximum absolute atomic E-state index is 10.7. The standard InChI is InChI=1S/C14H22N2O2S/c1-14(2,3)11-7-15-13(19-9-12(17)18)16(11)8-10-5-4-6-10/h7,10H,4-6,8-9H2,1-3H3,(H,17,18). The van der Waals surface area contributed by atoms with Crippen LogP contribution in [0.5, 0.6) is 0 Å². The van der Waals surface area contributed by atoms with Crippen molar-refractivity contribution in [3.8, 4) is 0 Å². The predicted octanol–water partition coefficient (Wildman–Crippen LogP) is 3.16. The van der Waals surface area contributed by atoms with Gasteiger partial charge >= 0.3 is 5.97 Å². The lowest BCUT2D eigenvalue weighted by Gasteiger charge is -2.29. The number of imidazole rings is 1. The second-order valence-electron chi connectivity index (χ2n) is 6.27. The molecule has 0 radical (unpaired) electrons. The average molecular weight is 282 g/mol. The molecule has 1 aromatic heterocycles. The molecule has 2 rings (SSSR count). The number of aromatic nitrogens is 2. The van der Waals surface area contributed by atoms with E-state index in [1.54, 1.807) is 0 Å². The molecule has 1 fully saturated rings. The molecular formula is C14H22N2O2S. The molecule has 1 aromatic rings. The minimum absolute atomic E-state index is 0.0405. The van der Waals surface area contributed by atoms with Gasteiger partial charge in [0.15, 0.2) is 5.16 Å². The van der Waals surface area contributed by atoms with E-state index in [4.69, 9.17) is 5.11 Å². The first kappa shape index (κ1) is 14.4. The Kier molecular flexibility index (Phi) is 4.23. The Bertz CT molecular complexity index is 459. The van der Waals surface area contributed by atoms with E-state index in [1.807, 2.05) is 6.20 Å². The first-order valence-electron chi connectivity index (χ1n) is 6.78. The molecule has 1 saturated carbocycles. The van der Waals surface area contributed by atoms with Gasteiger partial charge in [-0.25, -0.2) is 4.98 Å². The summed E-state index contributed by atoms with van der Waals surface area (Å²) in [5.74, 6) is 0.0191. The minimum atomic E-state index is -0.791. The Morgan fingerprint density at radius 1 is 1.53 bits per heavy atom. The third-order valence-electron chi connectivity index (χ3n) is 3.58. The van der Waals surface area contributed by atoms with Gasteiger partial charge in [-0.2, -0.15) is 0 Å². The molecule has 0 spiro atoms. The van der Waals surface area contributed by atoms with Crippen LogP contribution in [-0.4, -0.2) is 26.4 Å². The number of nitrogens with zero attached hydrogens (tertiary/aromatic N) is 2. The van der Waals surface area contributed by atoms with Gasteiger partial charge in [-0.05, 0) is 18.8 Å². The molecule has 106 valence electrons. The molecule has 0 atom stereocenters. The number of carboxylic acids is 1. The molecule has 1 aliphatic rings. The van der Waals surface area contributed by atoms with Crippen molar-refractivity contribution in [1.82, 2.24) is 9.55 Å². The average Bonchev–Trinajstić information content (AvgIpc) is 2.62. The van der Waals surface area contributed by atoms with E-state index < -0.39 is 5.97 Å². The lowest BCUT2D eigenvalue weighted by atomic mass is 9.85. The number of thioether (sulfide) groups is 1. The highest BCUT2D eigenvalue weighted by molar-refractivity contribution is 7.99. The van der Waals surface area contributed by atoms with Crippen molar-refractivity contribution in [3.63, 3.8) is 0 Å². The van der Waals surface area contributed by atoms with Crippen LogP contribution in [0.2, 0.25) is 0 Å². The van der Waals surface area contributed by atoms with Crippen LogP contribution in [0, 0.1) is 5.92 Å². The fraction of sp³-hybridized carbons (Fsp3) is 0.714. The topological polar surface area (TPSA) is 55.1 Å². The summed E-state index contributed by atoms with van der Waals surface area (Å²) in [5.41, 5.74) is 1.24. The van der Waals surface area contributed by atoms with Crippen molar-refractivity contribution in [3.05, 3.63) is 11.9 Å². The number of carbonyl (C=O) groups is 1. The van der Waals surface area contributed by atoms with E-state index in [0.29, 0.717) is 0 Å². The van der Waals surface area contributed by atoms with E-state index in [-0.39, 0.29) is 11.2 Å². The van der Waals surface area contributed by atoms with Crippen molar-refractivity contribution < 1.29 is 9.90 Å².